The summed E-state index contributed by atoms with van der Waals surface area (Å²) in [6.07, 6.45) is 3.63. The van der Waals surface area contributed by atoms with Crippen molar-refractivity contribution in [2.24, 2.45) is 7.05 Å². The second-order valence-electron chi connectivity index (χ2n) is 5.94. The lowest BCUT2D eigenvalue weighted by Gasteiger charge is -2.11. The third kappa shape index (κ3) is 5.05. The summed E-state index contributed by atoms with van der Waals surface area (Å²) in [6.45, 7) is 1.93. The molecule has 0 saturated heterocycles. The highest BCUT2D eigenvalue weighted by Gasteiger charge is 2.14. The molecular formula is C19H18FN3O2S2. The lowest BCUT2D eigenvalue weighted by molar-refractivity contribution is -0.116. The molecule has 0 radical (unpaired) electrons. The van der Waals surface area contributed by atoms with Crippen molar-refractivity contribution in [2.75, 3.05) is 5.32 Å². The van der Waals surface area contributed by atoms with Crippen LogP contribution in [-0.2, 0) is 11.8 Å². The lowest BCUT2D eigenvalue weighted by atomic mass is 10.2. The largest absolute Gasteiger partial charge is 0.329 e. The SMILES string of the molecule is Cc1ccc(C(=O)CCC(=O)Nc2cc(F)ccc2Sc2nccn2C)s1. The number of ketones is 1. The quantitative estimate of drug-likeness (QED) is 0.582. The second-order valence-corrected chi connectivity index (χ2v) is 8.24. The number of Topliss-reactive ketones (excluding diaryl/α,β-unsaturated/α-hetero) is 1. The molecule has 0 bridgehead atoms. The molecule has 5 nitrogen and oxygen atoms in total. The van der Waals surface area contributed by atoms with Crippen LogP contribution in [0.4, 0.5) is 10.1 Å². The van der Waals surface area contributed by atoms with Gasteiger partial charge < -0.3 is 9.88 Å². The molecule has 2 heterocycles. The van der Waals surface area contributed by atoms with Gasteiger partial charge in [0.05, 0.1) is 10.6 Å². The molecule has 2 aromatic heterocycles. The van der Waals surface area contributed by atoms with E-state index in [1.165, 1.54) is 35.2 Å². The van der Waals surface area contributed by atoms with Gasteiger partial charge in [0.15, 0.2) is 10.9 Å². The number of nitrogens with zero attached hydrogens (tertiary/aromatic N) is 2. The summed E-state index contributed by atoms with van der Waals surface area (Å²) in [5, 5.41) is 3.43. The molecule has 0 saturated carbocycles. The number of benzene rings is 1. The highest BCUT2D eigenvalue weighted by Crippen LogP contribution is 2.33. The Labute approximate surface area is 164 Å². The van der Waals surface area contributed by atoms with Gasteiger partial charge in [-0.25, -0.2) is 9.37 Å². The Balaban J connectivity index is 1.65. The summed E-state index contributed by atoms with van der Waals surface area (Å²) < 4.78 is 15.5. The Kier molecular flexibility index (Phi) is 6.08. The average molecular weight is 404 g/mol. The number of rotatable bonds is 7. The maximum atomic E-state index is 13.7. The first kappa shape index (κ1) is 19.3. The van der Waals surface area contributed by atoms with Crippen molar-refractivity contribution in [3.8, 4) is 0 Å². The number of anilines is 1. The lowest BCUT2D eigenvalue weighted by Crippen LogP contribution is -2.14. The number of halogens is 1. The zero-order chi connectivity index (χ0) is 19.4. The number of hydrogen-bond donors (Lipinski definition) is 1. The monoisotopic (exact) mass is 403 g/mol. The van der Waals surface area contributed by atoms with Gasteiger partial charge in [-0.05, 0) is 49.0 Å². The molecule has 0 unspecified atom stereocenters. The summed E-state index contributed by atoms with van der Waals surface area (Å²) in [5.41, 5.74) is 0.368. The van der Waals surface area contributed by atoms with Crippen molar-refractivity contribution in [3.05, 3.63) is 58.3 Å². The summed E-state index contributed by atoms with van der Waals surface area (Å²) in [5.74, 6) is -0.839. The molecule has 1 aromatic carbocycles. The fourth-order valence-corrected chi connectivity index (χ4v) is 4.09. The van der Waals surface area contributed by atoms with E-state index in [9.17, 15) is 14.0 Å². The van der Waals surface area contributed by atoms with Gasteiger partial charge in [0.2, 0.25) is 5.91 Å². The molecule has 27 heavy (non-hydrogen) atoms. The fourth-order valence-electron chi connectivity index (χ4n) is 2.38. The zero-order valence-corrected chi connectivity index (χ0v) is 16.5. The molecule has 3 rings (SSSR count). The molecule has 0 fully saturated rings. The van der Waals surface area contributed by atoms with Gasteiger partial charge in [-0.3, -0.25) is 9.59 Å². The van der Waals surface area contributed by atoms with Gasteiger partial charge in [0, 0.05) is 42.1 Å². The number of amides is 1. The molecule has 0 aliphatic heterocycles. The van der Waals surface area contributed by atoms with Crippen LogP contribution < -0.4 is 5.32 Å². The molecule has 0 spiro atoms. The summed E-state index contributed by atoms with van der Waals surface area (Å²) in [6, 6.07) is 7.86. The van der Waals surface area contributed by atoms with E-state index in [0.29, 0.717) is 15.5 Å². The van der Waals surface area contributed by atoms with Crippen LogP contribution in [0.15, 0.2) is 52.8 Å². The van der Waals surface area contributed by atoms with E-state index >= 15 is 0 Å². The van der Waals surface area contributed by atoms with E-state index in [0.717, 1.165) is 10.0 Å². The standard InChI is InChI=1S/C19H18FN3O2S2/c1-12-3-6-17(26-12)15(24)5-8-18(25)22-14-11-13(20)4-7-16(14)27-19-21-9-10-23(19)2/h3-4,6-7,9-11H,5,8H2,1-2H3,(H,22,25). The number of aryl methyl sites for hydroxylation is 2. The molecule has 3 aromatic rings. The molecule has 140 valence electrons. The Morgan fingerprint density at radius 2 is 2.07 bits per heavy atom. The van der Waals surface area contributed by atoms with E-state index < -0.39 is 5.82 Å². The van der Waals surface area contributed by atoms with Crippen LogP contribution in [0.2, 0.25) is 0 Å². The summed E-state index contributed by atoms with van der Waals surface area (Å²) in [7, 11) is 1.86. The minimum Gasteiger partial charge on any atom is -0.329 e. The number of thiophene rings is 1. The van der Waals surface area contributed by atoms with Gasteiger partial charge in [-0.15, -0.1) is 11.3 Å². The Hall–Kier alpha value is -2.45. The minimum absolute atomic E-state index is 0.0405. The van der Waals surface area contributed by atoms with Crippen LogP contribution in [0, 0.1) is 12.7 Å². The van der Waals surface area contributed by atoms with Crippen LogP contribution in [0.5, 0.6) is 0 Å². The normalized spacial score (nSPS) is 10.8. The van der Waals surface area contributed by atoms with Gasteiger partial charge in [0.25, 0.3) is 0 Å². The van der Waals surface area contributed by atoms with Crippen molar-refractivity contribution in [3.63, 3.8) is 0 Å². The number of nitrogens with one attached hydrogen (secondary N) is 1. The smallest absolute Gasteiger partial charge is 0.224 e. The molecule has 0 atom stereocenters. The van der Waals surface area contributed by atoms with E-state index in [2.05, 4.69) is 10.3 Å². The molecule has 0 aliphatic carbocycles. The van der Waals surface area contributed by atoms with E-state index in [1.54, 1.807) is 18.3 Å². The molecule has 1 N–H and O–H groups in total. The van der Waals surface area contributed by atoms with Crippen molar-refractivity contribution in [1.29, 1.82) is 0 Å². The van der Waals surface area contributed by atoms with Crippen LogP contribution in [-0.4, -0.2) is 21.2 Å². The zero-order valence-electron chi connectivity index (χ0n) is 14.9. The molecular weight excluding hydrogens is 385 g/mol. The highest BCUT2D eigenvalue weighted by atomic mass is 32.2. The van der Waals surface area contributed by atoms with Crippen molar-refractivity contribution < 1.29 is 14.0 Å². The number of carbonyl (C=O) groups is 2. The maximum Gasteiger partial charge on any atom is 0.224 e. The first-order chi connectivity index (χ1) is 12.9. The van der Waals surface area contributed by atoms with E-state index in [1.807, 2.05) is 30.8 Å². The third-order valence-electron chi connectivity index (χ3n) is 3.79. The van der Waals surface area contributed by atoms with Crippen LogP contribution in [0.1, 0.15) is 27.4 Å². The topological polar surface area (TPSA) is 64.0 Å². The Bertz CT molecular complexity index is 981. The van der Waals surface area contributed by atoms with Gasteiger partial charge in [-0.1, -0.05) is 0 Å². The summed E-state index contributed by atoms with van der Waals surface area (Å²) >= 11 is 2.74. The number of aromatic nitrogens is 2. The average Bonchev–Trinajstić information content (AvgIpc) is 3.24. The first-order valence-electron chi connectivity index (χ1n) is 8.26. The third-order valence-corrected chi connectivity index (χ3v) is 5.98. The number of imidazole rings is 1. The second kappa shape index (κ2) is 8.49. The Morgan fingerprint density at radius 3 is 2.74 bits per heavy atom. The van der Waals surface area contributed by atoms with E-state index in [-0.39, 0.29) is 24.5 Å². The van der Waals surface area contributed by atoms with E-state index in [4.69, 9.17) is 0 Å². The number of hydrogen-bond acceptors (Lipinski definition) is 5. The fraction of sp³-hybridized carbons (Fsp3) is 0.211. The van der Waals surface area contributed by atoms with Gasteiger partial charge in [0.1, 0.15) is 5.82 Å². The molecule has 8 heteroatoms. The first-order valence-corrected chi connectivity index (χ1v) is 9.90. The van der Waals surface area contributed by atoms with Crippen LogP contribution in [0.3, 0.4) is 0 Å². The maximum absolute atomic E-state index is 13.7. The highest BCUT2D eigenvalue weighted by molar-refractivity contribution is 7.99. The predicted molar refractivity (Wildman–Crippen MR) is 105 cm³/mol. The Morgan fingerprint density at radius 1 is 1.26 bits per heavy atom. The molecule has 0 aliphatic rings. The molecule has 1 amide bonds. The predicted octanol–water partition coefficient (Wildman–Crippen LogP) is 4.68. The summed E-state index contributed by atoms with van der Waals surface area (Å²) in [4.78, 5) is 31.0. The van der Waals surface area contributed by atoms with Crippen LogP contribution >= 0.6 is 23.1 Å². The van der Waals surface area contributed by atoms with Gasteiger partial charge >= 0.3 is 0 Å². The van der Waals surface area contributed by atoms with Crippen molar-refractivity contribution in [2.45, 2.75) is 29.8 Å². The number of carbonyl (C=O) groups excluding carboxylic acids is 2. The van der Waals surface area contributed by atoms with Crippen molar-refractivity contribution in [1.82, 2.24) is 9.55 Å². The van der Waals surface area contributed by atoms with Gasteiger partial charge in [-0.2, -0.15) is 0 Å². The minimum atomic E-state index is -0.445. The van der Waals surface area contributed by atoms with Crippen molar-refractivity contribution >= 4 is 40.5 Å². The van der Waals surface area contributed by atoms with Crippen LogP contribution in [0.25, 0.3) is 0 Å².